The van der Waals surface area contributed by atoms with Gasteiger partial charge in [-0.3, -0.25) is 4.79 Å². The Morgan fingerprint density at radius 2 is 1.76 bits per heavy atom. The van der Waals surface area contributed by atoms with Crippen LogP contribution >= 0.6 is 22.7 Å². The molecule has 0 saturated carbocycles. The van der Waals surface area contributed by atoms with E-state index in [2.05, 4.69) is 0 Å². The number of thiophene rings is 2. The van der Waals surface area contributed by atoms with Gasteiger partial charge in [0.15, 0.2) is 11.5 Å². The highest BCUT2D eigenvalue weighted by atomic mass is 32.1. The molecular weight excluding hydrogens is 452 g/mol. The van der Waals surface area contributed by atoms with Crippen LogP contribution in [-0.2, 0) is 0 Å². The first-order valence-electron chi connectivity index (χ1n) is 10.2. The van der Waals surface area contributed by atoms with E-state index in [4.69, 9.17) is 20.2 Å². The van der Waals surface area contributed by atoms with Gasteiger partial charge in [-0.25, -0.2) is 4.98 Å². The van der Waals surface area contributed by atoms with Crippen LogP contribution in [0.2, 0.25) is 0 Å². The molecule has 3 aromatic heterocycles. The van der Waals surface area contributed by atoms with E-state index in [1.54, 1.807) is 14.2 Å². The van der Waals surface area contributed by atoms with Crippen LogP contribution in [0.5, 0.6) is 11.5 Å². The zero-order valence-corrected chi connectivity index (χ0v) is 19.6. The van der Waals surface area contributed by atoms with Crippen molar-refractivity contribution >= 4 is 44.4 Å². The molecule has 33 heavy (non-hydrogen) atoms. The van der Waals surface area contributed by atoms with E-state index < -0.39 is 0 Å². The van der Waals surface area contributed by atoms with Crippen molar-refractivity contribution in [1.29, 1.82) is 0 Å². The predicted octanol–water partition coefficient (Wildman–Crippen LogP) is 6.52. The third kappa shape index (κ3) is 3.65. The summed E-state index contributed by atoms with van der Waals surface area (Å²) in [6.45, 7) is 0. The monoisotopic (exact) mass is 472 g/mol. The van der Waals surface area contributed by atoms with E-state index in [1.807, 2.05) is 72.1 Å². The van der Waals surface area contributed by atoms with Gasteiger partial charge >= 0.3 is 0 Å². The zero-order chi connectivity index (χ0) is 22.9. The lowest BCUT2D eigenvalue weighted by Crippen LogP contribution is -2.00. The summed E-state index contributed by atoms with van der Waals surface area (Å²) in [5.74, 6) is 1.13. The van der Waals surface area contributed by atoms with E-state index in [0.29, 0.717) is 31.8 Å². The normalized spacial score (nSPS) is 11.0. The van der Waals surface area contributed by atoms with Crippen molar-refractivity contribution in [1.82, 2.24) is 4.98 Å². The van der Waals surface area contributed by atoms with Gasteiger partial charge in [0, 0.05) is 22.1 Å². The summed E-state index contributed by atoms with van der Waals surface area (Å²) in [5, 5.41) is 2.63. The minimum atomic E-state index is -0.0877. The van der Waals surface area contributed by atoms with Crippen molar-refractivity contribution in [2.45, 2.75) is 0 Å². The van der Waals surface area contributed by atoms with Crippen molar-refractivity contribution in [3.63, 3.8) is 0 Å². The highest BCUT2D eigenvalue weighted by molar-refractivity contribution is 7.22. The van der Waals surface area contributed by atoms with Crippen LogP contribution in [0, 0.1) is 0 Å². The SMILES string of the molecule is COc1cccc(-c2cc(-c3ccccc3)nc3sc(C(=O)c4cccs4)c(N)c23)c1OC. The maximum atomic E-state index is 13.2. The molecule has 0 aliphatic heterocycles. The zero-order valence-electron chi connectivity index (χ0n) is 18.0. The summed E-state index contributed by atoms with van der Waals surface area (Å²) in [4.78, 5) is 19.9. The number of fused-ring (bicyclic) bond motifs is 1. The molecule has 0 amide bonds. The number of aromatic nitrogens is 1. The van der Waals surface area contributed by atoms with E-state index >= 15 is 0 Å². The number of hydrogen-bond donors (Lipinski definition) is 1. The molecule has 3 heterocycles. The molecule has 5 aromatic rings. The number of para-hydroxylation sites is 1. The Balaban J connectivity index is 1.83. The van der Waals surface area contributed by atoms with Gasteiger partial charge in [0.1, 0.15) is 9.71 Å². The number of hydrogen-bond acceptors (Lipinski definition) is 7. The van der Waals surface area contributed by atoms with E-state index in [1.165, 1.54) is 22.7 Å². The van der Waals surface area contributed by atoms with Gasteiger partial charge in [-0.2, -0.15) is 0 Å². The lowest BCUT2D eigenvalue weighted by molar-refractivity contribution is 0.104. The second kappa shape index (κ2) is 8.69. The lowest BCUT2D eigenvalue weighted by Gasteiger charge is -2.15. The lowest BCUT2D eigenvalue weighted by atomic mass is 9.98. The number of methoxy groups -OCH3 is 2. The third-order valence-corrected chi connectivity index (χ3v) is 7.38. The van der Waals surface area contributed by atoms with Crippen LogP contribution in [-0.4, -0.2) is 25.0 Å². The molecule has 0 unspecified atom stereocenters. The number of carbonyl (C=O) groups is 1. The maximum Gasteiger partial charge on any atom is 0.215 e. The van der Waals surface area contributed by atoms with Crippen LogP contribution in [0.25, 0.3) is 32.6 Å². The standard InChI is InChI=1S/C26H20N2O3S2/c1-30-19-11-6-10-16(24(19)31-2)17-14-18(15-8-4-3-5-9-15)28-26-21(17)22(27)25(33-26)23(29)20-12-7-13-32-20/h3-14H,27H2,1-2H3. The minimum absolute atomic E-state index is 0.0877. The molecule has 0 saturated heterocycles. The molecule has 2 N–H and O–H groups in total. The fourth-order valence-corrected chi connectivity index (χ4v) is 5.69. The highest BCUT2D eigenvalue weighted by Crippen LogP contribution is 2.46. The highest BCUT2D eigenvalue weighted by Gasteiger charge is 2.24. The first kappa shape index (κ1) is 21.2. The molecule has 2 aromatic carbocycles. The van der Waals surface area contributed by atoms with E-state index in [0.717, 1.165) is 27.8 Å². The number of benzene rings is 2. The molecule has 7 heteroatoms. The Bertz CT molecular complexity index is 1460. The first-order chi connectivity index (χ1) is 16.1. The molecule has 0 aliphatic carbocycles. The number of ketones is 1. The predicted molar refractivity (Wildman–Crippen MR) is 136 cm³/mol. The average molecular weight is 473 g/mol. The number of carbonyl (C=O) groups excluding carboxylic acids is 1. The Kier molecular flexibility index (Phi) is 5.58. The number of pyridine rings is 1. The van der Waals surface area contributed by atoms with E-state index in [9.17, 15) is 4.79 Å². The van der Waals surface area contributed by atoms with Crippen LogP contribution in [0.3, 0.4) is 0 Å². The fourth-order valence-electron chi connectivity index (χ4n) is 3.88. The van der Waals surface area contributed by atoms with Crippen LogP contribution in [0.4, 0.5) is 5.69 Å². The van der Waals surface area contributed by atoms with Gasteiger partial charge in [-0.05, 0) is 23.6 Å². The Morgan fingerprint density at radius 1 is 0.939 bits per heavy atom. The Labute approximate surface area is 199 Å². The molecule has 5 rings (SSSR count). The van der Waals surface area contributed by atoms with Gasteiger partial charge in [-0.15, -0.1) is 22.7 Å². The van der Waals surface area contributed by atoms with Gasteiger partial charge in [0.25, 0.3) is 0 Å². The Hall–Kier alpha value is -3.68. The summed E-state index contributed by atoms with van der Waals surface area (Å²) >= 11 is 2.72. The van der Waals surface area contributed by atoms with Crippen LogP contribution in [0.1, 0.15) is 14.5 Å². The number of nitrogens with zero attached hydrogens (tertiary/aromatic N) is 1. The van der Waals surface area contributed by atoms with Crippen molar-refractivity contribution in [2.75, 3.05) is 20.0 Å². The van der Waals surface area contributed by atoms with Crippen molar-refractivity contribution in [3.8, 4) is 33.9 Å². The second-order valence-electron chi connectivity index (χ2n) is 7.29. The number of nitrogen functional groups attached to an aromatic ring is 1. The van der Waals surface area contributed by atoms with Crippen molar-refractivity contribution in [2.24, 2.45) is 0 Å². The molecule has 0 spiro atoms. The Morgan fingerprint density at radius 3 is 2.45 bits per heavy atom. The fraction of sp³-hybridized carbons (Fsp3) is 0.0769. The minimum Gasteiger partial charge on any atom is -0.493 e. The summed E-state index contributed by atoms with van der Waals surface area (Å²) in [7, 11) is 3.22. The number of rotatable bonds is 6. The maximum absolute atomic E-state index is 13.2. The largest absolute Gasteiger partial charge is 0.493 e. The molecule has 0 atom stereocenters. The molecule has 0 fully saturated rings. The van der Waals surface area contributed by atoms with E-state index in [-0.39, 0.29) is 5.78 Å². The topological polar surface area (TPSA) is 74.4 Å². The van der Waals surface area contributed by atoms with Crippen molar-refractivity contribution < 1.29 is 14.3 Å². The number of anilines is 1. The van der Waals surface area contributed by atoms with Crippen LogP contribution < -0.4 is 15.2 Å². The van der Waals surface area contributed by atoms with Gasteiger partial charge in [-0.1, -0.05) is 48.5 Å². The molecule has 0 bridgehead atoms. The van der Waals surface area contributed by atoms with Gasteiger partial charge in [0.2, 0.25) is 5.78 Å². The average Bonchev–Trinajstić information content (AvgIpc) is 3.51. The van der Waals surface area contributed by atoms with Crippen molar-refractivity contribution in [3.05, 3.63) is 81.9 Å². The third-order valence-electron chi connectivity index (χ3n) is 5.41. The smallest absolute Gasteiger partial charge is 0.215 e. The molecule has 5 nitrogen and oxygen atoms in total. The second-order valence-corrected chi connectivity index (χ2v) is 9.24. The van der Waals surface area contributed by atoms with Gasteiger partial charge in [0.05, 0.1) is 30.5 Å². The first-order valence-corrected chi connectivity index (χ1v) is 11.9. The quantitative estimate of drug-likeness (QED) is 0.285. The summed E-state index contributed by atoms with van der Waals surface area (Å²) in [5.41, 5.74) is 10.5. The summed E-state index contributed by atoms with van der Waals surface area (Å²) in [6, 6.07) is 21.3. The number of nitrogens with two attached hydrogens (primary N) is 1. The molecular formula is C26H20N2O3S2. The summed E-state index contributed by atoms with van der Waals surface area (Å²) in [6.07, 6.45) is 0. The molecule has 0 aliphatic rings. The number of ether oxygens (including phenoxy) is 2. The molecule has 164 valence electrons. The molecule has 0 radical (unpaired) electrons. The van der Waals surface area contributed by atoms with Crippen LogP contribution in [0.15, 0.2) is 72.1 Å². The van der Waals surface area contributed by atoms with Gasteiger partial charge < -0.3 is 15.2 Å². The summed E-state index contributed by atoms with van der Waals surface area (Å²) < 4.78 is 11.2.